The Balaban J connectivity index is 2.08. The van der Waals surface area contributed by atoms with Crippen molar-refractivity contribution in [3.63, 3.8) is 0 Å². The molecule has 2 aromatic carbocycles. The molecular weight excluding hydrogens is 453 g/mol. The first-order valence-electron chi connectivity index (χ1n) is 8.71. The van der Waals surface area contributed by atoms with Gasteiger partial charge in [0, 0.05) is 0 Å². The maximum atomic E-state index is 6.82. The van der Waals surface area contributed by atoms with Gasteiger partial charge in [0.15, 0.2) is 0 Å². The van der Waals surface area contributed by atoms with E-state index in [1.54, 1.807) is 6.26 Å². The van der Waals surface area contributed by atoms with Crippen LogP contribution in [0.25, 0.3) is 0 Å². The standard InChI is InChI=1S/C21H24INO2Si/c1-21(2,3)26(18-10-6-4-7-11-18,19-12-8-5-9-13-19)25-16-17-15-24-20(14-22)23-17/h4-13,15H,14,16H2,1-3H3. The zero-order valence-electron chi connectivity index (χ0n) is 15.4. The summed E-state index contributed by atoms with van der Waals surface area (Å²) in [6.45, 7) is 7.28. The molecule has 0 aliphatic carbocycles. The average Bonchev–Trinajstić information content (AvgIpc) is 3.11. The summed E-state index contributed by atoms with van der Waals surface area (Å²) in [5.74, 6) is 0.742. The minimum Gasteiger partial charge on any atom is -0.448 e. The van der Waals surface area contributed by atoms with E-state index in [0.29, 0.717) is 6.61 Å². The summed E-state index contributed by atoms with van der Waals surface area (Å²) in [4.78, 5) is 4.52. The van der Waals surface area contributed by atoms with E-state index >= 15 is 0 Å². The maximum absolute atomic E-state index is 6.82. The molecule has 3 rings (SSSR count). The lowest BCUT2D eigenvalue weighted by atomic mass is 10.2. The molecule has 0 radical (unpaired) electrons. The van der Waals surface area contributed by atoms with Crippen LogP contribution in [0.1, 0.15) is 32.4 Å². The van der Waals surface area contributed by atoms with Crippen LogP contribution in [0.4, 0.5) is 0 Å². The van der Waals surface area contributed by atoms with E-state index in [0.717, 1.165) is 16.0 Å². The predicted molar refractivity (Wildman–Crippen MR) is 117 cm³/mol. The van der Waals surface area contributed by atoms with Crippen molar-refractivity contribution in [2.75, 3.05) is 0 Å². The fourth-order valence-corrected chi connectivity index (χ4v) is 8.29. The SMILES string of the molecule is CC(C)(C)[Si](OCc1coc(CI)n1)(c1ccccc1)c1ccccc1. The monoisotopic (exact) mass is 477 g/mol. The van der Waals surface area contributed by atoms with Gasteiger partial charge in [0.2, 0.25) is 5.89 Å². The molecule has 0 aliphatic rings. The van der Waals surface area contributed by atoms with Gasteiger partial charge in [-0.2, -0.15) is 0 Å². The molecule has 0 spiro atoms. The Hall–Kier alpha value is -1.44. The van der Waals surface area contributed by atoms with Crippen LogP contribution in [-0.2, 0) is 15.5 Å². The van der Waals surface area contributed by atoms with Gasteiger partial charge in [0.1, 0.15) is 12.0 Å². The van der Waals surface area contributed by atoms with Crippen molar-refractivity contribution in [3.8, 4) is 0 Å². The van der Waals surface area contributed by atoms with Gasteiger partial charge in [-0.15, -0.1) is 0 Å². The molecule has 1 heterocycles. The van der Waals surface area contributed by atoms with E-state index in [-0.39, 0.29) is 5.04 Å². The summed E-state index contributed by atoms with van der Waals surface area (Å²) in [5.41, 5.74) is 0.852. The lowest BCUT2D eigenvalue weighted by Gasteiger charge is -2.42. The summed E-state index contributed by atoms with van der Waals surface area (Å²) < 4.78 is 13.1. The number of nitrogens with zero attached hydrogens (tertiary/aromatic N) is 1. The van der Waals surface area contributed by atoms with Crippen LogP contribution in [0.2, 0.25) is 5.04 Å². The third-order valence-electron chi connectivity index (χ3n) is 4.57. The number of oxazole rings is 1. The highest BCUT2D eigenvalue weighted by molar-refractivity contribution is 14.1. The number of halogens is 1. The molecule has 0 saturated heterocycles. The van der Waals surface area contributed by atoms with Gasteiger partial charge in [-0.05, 0) is 15.4 Å². The zero-order valence-corrected chi connectivity index (χ0v) is 18.6. The van der Waals surface area contributed by atoms with E-state index in [2.05, 4.69) is 109 Å². The molecule has 0 saturated carbocycles. The second kappa shape index (κ2) is 8.06. The summed E-state index contributed by atoms with van der Waals surface area (Å²) in [7, 11) is -2.52. The molecule has 0 amide bonds. The second-order valence-corrected chi connectivity index (χ2v) is 12.4. The third-order valence-corrected chi connectivity index (χ3v) is 10.2. The molecular formula is C21H24INO2Si. The van der Waals surface area contributed by atoms with Crippen LogP contribution in [0.5, 0.6) is 0 Å². The Kier molecular flexibility index (Phi) is 5.99. The van der Waals surface area contributed by atoms with Crippen molar-refractivity contribution in [2.45, 2.75) is 36.8 Å². The molecule has 3 nitrogen and oxygen atoms in total. The highest BCUT2D eigenvalue weighted by Crippen LogP contribution is 2.37. The van der Waals surface area contributed by atoms with E-state index in [1.165, 1.54) is 10.4 Å². The predicted octanol–water partition coefficient (Wildman–Crippen LogP) is 4.69. The van der Waals surface area contributed by atoms with Crippen LogP contribution in [-0.4, -0.2) is 13.3 Å². The number of rotatable bonds is 6. The number of aromatic nitrogens is 1. The van der Waals surface area contributed by atoms with Gasteiger partial charge in [-0.25, -0.2) is 4.98 Å². The average molecular weight is 477 g/mol. The van der Waals surface area contributed by atoms with Gasteiger partial charge < -0.3 is 8.84 Å². The van der Waals surface area contributed by atoms with Gasteiger partial charge in [-0.3, -0.25) is 0 Å². The van der Waals surface area contributed by atoms with E-state index in [1.807, 2.05) is 0 Å². The van der Waals surface area contributed by atoms with Crippen LogP contribution in [0.3, 0.4) is 0 Å². The fourth-order valence-electron chi connectivity index (χ4n) is 3.42. The molecule has 0 N–H and O–H groups in total. The smallest absolute Gasteiger partial charge is 0.261 e. The lowest BCUT2D eigenvalue weighted by Crippen LogP contribution is -2.66. The quantitative estimate of drug-likeness (QED) is 0.294. The zero-order chi connectivity index (χ0) is 18.6. The number of alkyl halides is 1. The minimum absolute atomic E-state index is 0.0362. The topological polar surface area (TPSA) is 35.3 Å². The number of hydrogen-bond donors (Lipinski definition) is 0. The van der Waals surface area contributed by atoms with Crippen molar-refractivity contribution in [1.82, 2.24) is 4.98 Å². The molecule has 0 bridgehead atoms. The Bertz CT molecular complexity index is 788. The van der Waals surface area contributed by atoms with Crippen molar-refractivity contribution in [3.05, 3.63) is 78.5 Å². The maximum Gasteiger partial charge on any atom is 0.261 e. The molecule has 0 unspecified atom stereocenters. The highest BCUT2D eigenvalue weighted by atomic mass is 127. The highest BCUT2D eigenvalue weighted by Gasteiger charge is 2.50. The molecule has 3 aromatic rings. The number of hydrogen-bond acceptors (Lipinski definition) is 3. The molecule has 26 heavy (non-hydrogen) atoms. The Morgan fingerprint density at radius 1 is 0.962 bits per heavy atom. The first kappa shape index (κ1) is 19.3. The van der Waals surface area contributed by atoms with E-state index in [9.17, 15) is 0 Å². The normalized spacial score (nSPS) is 12.3. The lowest BCUT2D eigenvalue weighted by molar-refractivity contribution is 0.281. The van der Waals surface area contributed by atoms with Crippen LogP contribution in [0, 0.1) is 0 Å². The first-order valence-corrected chi connectivity index (χ1v) is 12.1. The van der Waals surface area contributed by atoms with Crippen LogP contribution in [0.15, 0.2) is 71.3 Å². The summed E-state index contributed by atoms with van der Waals surface area (Å²) >= 11 is 2.25. The van der Waals surface area contributed by atoms with Gasteiger partial charge in [-0.1, -0.05) is 104 Å². The van der Waals surface area contributed by atoms with E-state index < -0.39 is 8.32 Å². The number of benzene rings is 2. The summed E-state index contributed by atoms with van der Waals surface area (Å²) in [6.07, 6.45) is 1.71. The fraction of sp³-hybridized carbons (Fsp3) is 0.286. The van der Waals surface area contributed by atoms with Crippen molar-refractivity contribution >= 4 is 41.3 Å². The van der Waals surface area contributed by atoms with Crippen LogP contribution >= 0.6 is 22.6 Å². The molecule has 136 valence electrons. The third kappa shape index (κ3) is 3.79. The molecule has 0 fully saturated rings. The van der Waals surface area contributed by atoms with Gasteiger partial charge >= 0.3 is 0 Å². The van der Waals surface area contributed by atoms with Crippen molar-refractivity contribution in [2.24, 2.45) is 0 Å². The first-order chi connectivity index (χ1) is 12.5. The van der Waals surface area contributed by atoms with E-state index in [4.69, 9.17) is 8.84 Å². The molecule has 1 aromatic heterocycles. The Morgan fingerprint density at radius 2 is 1.50 bits per heavy atom. The Labute approximate surface area is 170 Å². The second-order valence-electron chi connectivity index (χ2n) is 7.32. The van der Waals surface area contributed by atoms with Crippen LogP contribution < -0.4 is 10.4 Å². The summed E-state index contributed by atoms with van der Waals surface area (Å²) in [5, 5.41) is 2.51. The molecule has 0 atom stereocenters. The molecule has 0 aliphatic heterocycles. The van der Waals surface area contributed by atoms with Crippen molar-refractivity contribution < 1.29 is 8.84 Å². The largest absolute Gasteiger partial charge is 0.448 e. The van der Waals surface area contributed by atoms with Gasteiger partial charge in [0.05, 0.1) is 11.0 Å². The van der Waals surface area contributed by atoms with Gasteiger partial charge in [0.25, 0.3) is 8.32 Å². The summed E-state index contributed by atoms with van der Waals surface area (Å²) in [6, 6.07) is 21.3. The Morgan fingerprint density at radius 3 is 1.92 bits per heavy atom. The molecule has 5 heteroatoms. The van der Waals surface area contributed by atoms with Crippen molar-refractivity contribution in [1.29, 1.82) is 0 Å². The minimum atomic E-state index is -2.52.